The molecule has 0 atom stereocenters. The third-order valence-corrected chi connectivity index (χ3v) is 4.01. The van der Waals surface area contributed by atoms with E-state index in [2.05, 4.69) is 44.4 Å². The molecule has 0 saturated carbocycles. The van der Waals surface area contributed by atoms with E-state index in [-0.39, 0.29) is 0 Å². The summed E-state index contributed by atoms with van der Waals surface area (Å²) in [6, 6.07) is 7.05. The van der Waals surface area contributed by atoms with Crippen LogP contribution in [0.25, 0.3) is 10.1 Å². The van der Waals surface area contributed by atoms with Gasteiger partial charge in [-0.15, -0.1) is 11.3 Å². The minimum Gasteiger partial charge on any atom is -0.144 e. The van der Waals surface area contributed by atoms with Gasteiger partial charge in [-0.1, -0.05) is 33.3 Å². The van der Waals surface area contributed by atoms with Gasteiger partial charge in [0.15, 0.2) is 0 Å². The summed E-state index contributed by atoms with van der Waals surface area (Å²) in [5, 5.41) is 3.69. The lowest BCUT2D eigenvalue weighted by Gasteiger charge is -2.10. The van der Waals surface area contributed by atoms with Gasteiger partial charge in [0.1, 0.15) is 0 Å². The third kappa shape index (κ3) is 2.30. The first-order valence-corrected chi connectivity index (χ1v) is 7.10. The Labute approximate surface area is 102 Å². The lowest BCUT2D eigenvalue weighted by molar-refractivity contribution is 0.794. The zero-order valence-electron chi connectivity index (χ0n) is 10.4. The number of fused-ring (bicyclic) bond motifs is 1. The predicted molar refractivity (Wildman–Crippen MR) is 74.5 cm³/mol. The number of thiophene rings is 1. The van der Waals surface area contributed by atoms with Crippen LogP contribution in [0.2, 0.25) is 0 Å². The number of aryl methyl sites for hydroxylation is 1. The Morgan fingerprint density at radius 3 is 2.75 bits per heavy atom. The van der Waals surface area contributed by atoms with Gasteiger partial charge in [0, 0.05) is 4.70 Å². The molecule has 2 aromatic rings. The molecule has 1 aromatic carbocycles. The van der Waals surface area contributed by atoms with E-state index in [1.54, 1.807) is 5.56 Å². The van der Waals surface area contributed by atoms with E-state index in [1.165, 1.54) is 34.9 Å². The van der Waals surface area contributed by atoms with Crippen molar-refractivity contribution in [3.05, 3.63) is 34.7 Å². The molecular weight excluding hydrogens is 212 g/mol. The molecule has 1 aromatic heterocycles. The second-order valence-electron chi connectivity index (χ2n) is 4.77. The van der Waals surface area contributed by atoms with Crippen molar-refractivity contribution in [1.82, 2.24) is 0 Å². The van der Waals surface area contributed by atoms with Crippen LogP contribution in [0.4, 0.5) is 0 Å². The van der Waals surface area contributed by atoms with Crippen molar-refractivity contribution in [3.63, 3.8) is 0 Å². The summed E-state index contributed by atoms with van der Waals surface area (Å²) in [4.78, 5) is 0. The van der Waals surface area contributed by atoms with Crippen molar-refractivity contribution < 1.29 is 0 Å². The molecule has 1 heteroatoms. The third-order valence-electron chi connectivity index (χ3n) is 3.15. The zero-order valence-corrected chi connectivity index (χ0v) is 11.2. The van der Waals surface area contributed by atoms with E-state index in [1.807, 2.05) is 11.3 Å². The number of benzene rings is 1. The SMILES string of the molecule is CCCCc1cc(C(C)C)cc2sccc12. The first-order chi connectivity index (χ1) is 7.72. The van der Waals surface area contributed by atoms with E-state index in [0.717, 1.165) is 0 Å². The molecule has 2 rings (SSSR count). The number of unbranched alkanes of at least 4 members (excludes halogenated alkanes) is 1. The van der Waals surface area contributed by atoms with Crippen LogP contribution in [0.5, 0.6) is 0 Å². The average Bonchev–Trinajstić information content (AvgIpc) is 2.73. The van der Waals surface area contributed by atoms with E-state index >= 15 is 0 Å². The fourth-order valence-electron chi connectivity index (χ4n) is 2.08. The van der Waals surface area contributed by atoms with Crippen LogP contribution in [0.3, 0.4) is 0 Å². The fourth-order valence-corrected chi connectivity index (χ4v) is 2.96. The summed E-state index contributed by atoms with van der Waals surface area (Å²) in [6.45, 7) is 6.81. The van der Waals surface area contributed by atoms with Gasteiger partial charge in [0.05, 0.1) is 0 Å². The Morgan fingerprint density at radius 2 is 2.06 bits per heavy atom. The lowest BCUT2D eigenvalue weighted by atomic mass is 9.96. The van der Waals surface area contributed by atoms with Gasteiger partial charge in [-0.2, -0.15) is 0 Å². The van der Waals surface area contributed by atoms with E-state index in [4.69, 9.17) is 0 Å². The van der Waals surface area contributed by atoms with Crippen molar-refractivity contribution in [2.45, 2.75) is 46.0 Å². The largest absolute Gasteiger partial charge is 0.144 e. The molecule has 0 fully saturated rings. The van der Waals surface area contributed by atoms with E-state index in [9.17, 15) is 0 Å². The smallest absolute Gasteiger partial charge is 0.0348 e. The maximum absolute atomic E-state index is 2.41. The van der Waals surface area contributed by atoms with Crippen LogP contribution >= 0.6 is 11.3 Å². The minimum absolute atomic E-state index is 0.631. The van der Waals surface area contributed by atoms with Crippen LogP contribution in [-0.4, -0.2) is 0 Å². The van der Waals surface area contributed by atoms with Gasteiger partial charge in [0.2, 0.25) is 0 Å². The molecule has 0 radical (unpaired) electrons. The number of hydrogen-bond acceptors (Lipinski definition) is 1. The first kappa shape index (κ1) is 11.7. The molecule has 1 heterocycles. The highest BCUT2D eigenvalue weighted by Crippen LogP contribution is 2.30. The van der Waals surface area contributed by atoms with Crippen molar-refractivity contribution in [3.8, 4) is 0 Å². The second-order valence-corrected chi connectivity index (χ2v) is 5.72. The van der Waals surface area contributed by atoms with E-state index in [0.29, 0.717) is 5.92 Å². The Hall–Kier alpha value is -0.820. The molecule has 0 unspecified atom stereocenters. The van der Waals surface area contributed by atoms with Crippen molar-refractivity contribution in [2.24, 2.45) is 0 Å². The summed E-state index contributed by atoms with van der Waals surface area (Å²) in [7, 11) is 0. The molecule has 86 valence electrons. The molecular formula is C15H20S. The maximum Gasteiger partial charge on any atom is 0.0348 e. The van der Waals surface area contributed by atoms with Crippen molar-refractivity contribution >= 4 is 21.4 Å². The zero-order chi connectivity index (χ0) is 11.5. The molecule has 0 aliphatic carbocycles. The van der Waals surface area contributed by atoms with Crippen molar-refractivity contribution in [1.29, 1.82) is 0 Å². The molecule has 0 aliphatic heterocycles. The molecule has 0 aliphatic rings. The topological polar surface area (TPSA) is 0 Å². The first-order valence-electron chi connectivity index (χ1n) is 6.22. The highest BCUT2D eigenvalue weighted by molar-refractivity contribution is 7.17. The van der Waals surface area contributed by atoms with Gasteiger partial charge in [-0.05, 0) is 52.8 Å². The molecule has 0 N–H and O–H groups in total. The molecule has 0 bridgehead atoms. The quantitative estimate of drug-likeness (QED) is 0.665. The van der Waals surface area contributed by atoms with Crippen LogP contribution in [0, 0.1) is 0 Å². The molecule has 0 nitrogen and oxygen atoms in total. The second kappa shape index (κ2) is 5.01. The Bertz CT molecular complexity index is 465. The van der Waals surface area contributed by atoms with Crippen LogP contribution in [0.1, 0.15) is 50.7 Å². The summed E-state index contributed by atoms with van der Waals surface area (Å²) in [5.74, 6) is 0.631. The van der Waals surface area contributed by atoms with E-state index < -0.39 is 0 Å². The predicted octanol–water partition coefficient (Wildman–Crippen LogP) is 5.37. The monoisotopic (exact) mass is 232 g/mol. The van der Waals surface area contributed by atoms with Crippen LogP contribution in [0.15, 0.2) is 23.6 Å². The summed E-state index contributed by atoms with van der Waals surface area (Å²) >= 11 is 1.87. The summed E-state index contributed by atoms with van der Waals surface area (Å²) in [6.07, 6.45) is 3.80. The molecule has 0 amide bonds. The standard InChI is InChI=1S/C15H20S/c1-4-5-6-12-9-13(11(2)3)10-15-14(12)7-8-16-15/h7-11H,4-6H2,1-3H3. The van der Waals surface area contributed by atoms with Gasteiger partial charge in [-0.3, -0.25) is 0 Å². The Kier molecular flexibility index (Phi) is 3.65. The van der Waals surface area contributed by atoms with Gasteiger partial charge < -0.3 is 0 Å². The normalized spacial score (nSPS) is 11.5. The molecule has 16 heavy (non-hydrogen) atoms. The Morgan fingerprint density at radius 1 is 1.25 bits per heavy atom. The maximum atomic E-state index is 2.41. The van der Waals surface area contributed by atoms with Gasteiger partial charge >= 0.3 is 0 Å². The van der Waals surface area contributed by atoms with Crippen molar-refractivity contribution in [2.75, 3.05) is 0 Å². The lowest BCUT2D eigenvalue weighted by Crippen LogP contribution is -1.92. The van der Waals surface area contributed by atoms with Crippen LogP contribution < -0.4 is 0 Å². The highest BCUT2D eigenvalue weighted by Gasteiger charge is 2.07. The van der Waals surface area contributed by atoms with Crippen LogP contribution in [-0.2, 0) is 6.42 Å². The van der Waals surface area contributed by atoms with Gasteiger partial charge in [-0.25, -0.2) is 0 Å². The minimum atomic E-state index is 0.631. The number of rotatable bonds is 4. The molecule has 0 saturated heterocycles. The highest BCUT2D eigenvalue weighted by atomic mass is 32.1. The summed E-state index contributed by atoms with van der Waals surface area (Å²) in [5.41, 5.74) is 3.03. The number of hydrogen-bond donors (Lipinski definition) is 0. The molecule has 0 spiro atoms. The Balaban J connectivity index is 2.46. The summed E-state index contributed by atoms with van der Waals surface area (Å²) < 4.78 is 1.46. The fraction of sp³-hybridized carbons (Fsp3) is 0.467. The van der Waals surface area contributed by atoms with Gasteiger partial charge in [0.25, 0.3) is 0 Å². The average molecular weight is 232 g/mol.